The summed E-state index contributed by atoms with van der Waals surface area (Å²) < 4.78 is 15.0. The van der Waals surface area contributed by atoms with Crippen LogP contribution in [0.4, 0.5) is 0 Å². The van der Waals surface area contributed by atoms with E-state index in [4.69, 9.17) is 14.9 Å². The van der Waals surface area contributed by atoms with E-state index in [1.165, 1.54) is 19.3 Å². The lowest BCUT2D eigenvalue weighted by Gasteiger charge is -2.13. The first-order valence-electron chi connectivity index (χ1n) is 9.13. The third kappa shape index (κ3) is 17.7. The maximum absolute atomic E-state index is 10.9. The second-order valence-electron chi connectivity index (χ2n) is 6.09. The molecule has 1 unspecified atom stereocenters. The number of phosphoric acid groups is 1. The molecule has 0 rings (SSSR count). The molecule has 1 atom stereocenters. The number of carbonyl (C=O) groups is 1. The fourth-order valence-electron chi connectivity index (χ4n) is 2.35. The monoisotopic (exact) mass is 376 g/mol. The molecule has 0 aliphatic heterocycles. The molecule has 3 N–H and O–H groups in total. The number of unbranched alkanes of at least 4 members (excludes halogenated alkanes) is 7. The van der Waals surface area contributed by atoms with Gasteiger partial charge in [0, 0.05) is 0 Å². The van der Waals surface area contributed by atoms with Crippen LogP contribution >= 0.6 is 7.82 Å². The highest BCUT2D eigenvalue weighted by Gasteiger charge is 2.27. The van der Waals surface area contributed by atoms with Crippen LogP contribution in [-0.4, -0.2) is 27.0 Å². The Kier molecular flexibility index (Phi) is 14.7. The maximum Gasteiger partial charge on any atom is 0.470 e. The smallest absolute Gasteiger partial charge is 0.470 e. The first-order valence-corrected chi connectivity index (χ1v) is 10.7. The summed E-state index contributed by atoms with van der Waals surface area (Å²) in [6, 6.07) is 0. The number of allylic oxidation sites excluding steroid dienone is 4. The molecule has 6 nitrogen and oxygen atoms in total. The van der Waals surface area contributed by atoms with Crippen LogP contribution < -0.4 is 0 Å². The number of carboxylic acid groups (broad SMARTS) is 1. The zero-order chi connectivity index (χ0) is 19.0. The summed E-state index contributed by atoms with van der Waals surface area (Å²) >= 11 is 0. The summed E-state index contributed by atoms with van der Waals surface area (Å²) in [5.74, 6) is -1.34. The second kappa shape index (κ2) is 15.3. The van der Waals surface area contributed by atoms with Crippen LogP contribution in [0.25, 0.3) is 0 Å². The molecule has 0 aliphatic carbocycles. The number of aliphatic carboxylic acids is 1. The number of hydrogen-bond donors (Lipinski definition) is 3. The number of carboxylic acids is 1. The lowest BCUT2D eigenvalue weighted by Crippen LogP contribution is -2.22. The molecule has 0 saturated carbocycles. The molecule has 0 aliphatic rings. The topological polar surface area (TPSA) is 104 Å². The van der Waals surface area contributed by atoms with Gasteiger partial charge in [-0.25, -0.2) is 9.36 Å². The summed E-state index contributed by atoms with van der Waals surface area (Å²) in [5.41, 5.74) is 0. The molecule has 0 aromatic carbocycles. The van der Waals surface area contributed by atoms with Crippen LogP contribution in [0.15, 0.2) is 24.3 Å². The Morgan fingerprint density at radius 1 is 0.960 bits per heavy atom. The minimum Gasteiger partial charge on any atom is -0.479 e. The van der Waals surface area contributed by atoms with Gasteiger partial charge in [-0.05, 0) is 38.5 Å². The summed E-state index contributed by atoms with van der Waals surface area (Å²) in [7, 11) is -4.76. The lowest BCUT2D eigenvalue weighted by molar-refractivity contribution is -0.146. The summed E-state index contributed by atoms with van der Waals surface area (Å²) in [6.07, 6.45) is 17.7. The Bertz CT molecular complexity index is 441. The third-order valence-electron chi connectivity index (χ3n) is 3.71. The van der Waals surface area contributed by atoms with E-state index < -0.39 is 19.9 Å². The molecule has 146 valence electrons. The van der Waals surface area contributed by atoms with E-state index in [1.807, 2.05) is 0 Å². The van der Waals surface area contributed by atoms with Gasteiger partial charge in [0.2, 0.25) is 0 Å². The predicted octanol–water partition coefficient (Wildman–Crippen LogP) is 4.97. The van der Waals surface area contributed by atoms with Crippen molar-refractivity contribution in [2.24, 2.45) is 0 Å². The first kappa shape index (κ1) is 24.1. The Labute approximate surface area is 151 Å². The molecule has 0 heterocycles. The molecule has 0 bridgehead atoms. The van der Waals surface area contributed by atoms with Crippen LogP contribution in [-0.2, 0) is 13.9 Å². The minimum absolute atomic E-state index is 0.110. The fraction of sp³-hybridized carbons (Fsp3) is 0.722. The van der Waals surface area contributed by atoms with Gasteiger partial charge in [0.1, 0.15) is 0 Å². The molecule has 25 heavy (non-hydrogen) atoms. The van der Waals surface area contributed by atoms with Crippen molar-refractivity contribution >= 4 is 13.8 Å². The van der Waals surface area contributed by atoms with Crippen molar-refractivity contribution in [1.82, 2.24) is 0 Å². The summed E-state index contributed by atoms with van der Waals surface area (Å²) in [6.45, 7) is 2.20. The Balaban J connectivity index is 3.61. The van der Waals surface area contributed by atoms with Crippen LogP contribution in [0.5, 0.6) is 0 Å². The maximum atomic E-state index is 10.9. The standard InChI is InChI=1S/C18H33O6P/c1-2-3-4-5-6-7-8-9-10-11-12-13-14-15-16-17(18(19)20)24-25(21,22)23/h6-7,9-10,17H,2-5,8,11-16H2,1H3,(H,19,20)(H2,21,22,23)/b7-6-,10-9-. The SMILES string of the molecule is CCCCC/C=C\C/C=C\CCCCCCC(OP(=O)(O)O)C(=O)O. The Hall–Kier alpha value is -0.940. The van der Waals surface area contributed by atoms with E-state index in [9.17, 15) is 9.36 Å². The second-order valence-corrected chi connectivity index (χ2v) is 7.28. The number of hydrogen-bond acceptors (Lipinski definition) is 3. The highest BCUT2D eigenvalue weighted by Crippen LogP contribution is 2.38. The van der Waals surface area contributed by atoms with Crippen LogP contribution in [0.2, 0.25) is 0 Å². The Morgan fingerprint density at radius 3 is 2.04 bits per heavy atom. The van der Waals surface area contributed by atoms with Gasteiger partial charge in [-0.15, -0.1) is 0 Å². The molecule has 0 fully saturated rings. The average Bonchev–Trinajstić information content (AvgIpc) is 2.52. The van der Waals surface area contributed by atoms with Crippen molar-refractivity contribution in [3.8, 4) is 0 Å². The fourth-order valence-corrected chi connectivity index (χ4v) is 2.88. The molecule has 0 saturated heterocycles. The van der Waals surface area contributed by atoms with Crippen molar-refractivity contribution in [1.29, 1.82) is 0 Å². The van der Waals surface area contributed by atoms with Gasteiger partial charge in [-0.1, -0.05) is 63.3 Å². The molecule has 0 amide bonds. The molecule has 0 spiro atoms. The molecule has 0 aromatic rings. The van der Waals surface area contributed by atoms with E-state index in [2.05, 4.69) is 35.8 Å². The van der Waals surface area contributed by atoms with Gasteiger partial charge in [0.05, 0.1) is 0 Å². The van der Waals surface area contributed by atoms with Gasteiger partial charge in [0.15, 0.2) is 6.10 Å². The van der Waals surface area contributed by atoms with E-state index in [0.717, 1.165) is 38.5 Å². The van der Waals surface area contributed by atoms with Crippen molar-refractivity contribution < 1.29 is 28.8 Å². The van der Waals surface area contributed by atoms with Gasteiger partial charge in [-0.3, -0.25) is 4.52 Å². The van der Waals surface area contributed by atoms with Crippen LogP contribution in [0, 0.1) is 0 Å². The number of rotatable bonds is 16. The van der Waals surface area contributed by atoms with Crippen molar-refractivity contribution in [3.63, 3.8) is 0 Å². The highest BCUT2D eigenvalue weighted by molar-refractivity contribution is 7.46. The van der Waals surface area contributed by atoms with E-state index in [-0.39, 0.29) is 6.42 Å². The van der Waals surface area contributed by atoms with E-state index in [0.29, 0.717) is 6.42 Å². The normalized spacial score (nSPS) is 13.7. The lowest BCUT2D eigenvalue weighted by atomic mass is 10.1. The van der Waals surface area contributed by atoms with Gasteiger partial charge < -0.3 is 14.9 Å². The number of phosphoric ester groups is 1. The summed E-state index contributed by atoms with van der Waals surface area (Å²) in [5, 5.41) is 8.86. The van der Waals surface area contributed by atoms with Crippen LogP contribution in [0.3, 0.4) is 0 Å². The first-order chi connectivity index (χ1) is 11.9. The zero-order valence-electron chi connectivity index (χ0n) is 15.2. The summed E-state index contributed by atoms with van der Waals surface area (Å²) in [4.78, 5) is 28.2. The third-order valence-corrected chi connectivity index (χ3v) is 4.24. The predicted molar refractivity (Wildman–Crippen MR) is 99.3 cm³/mol. The highest BCUT2D eigenvalue weighted by atomic mass is 31.2. The quantitative estimate of drug-likeness (QED) is 0.199. The molecule has 0 aromatic heterocycles. The van der Waals surface area contributed by atoms with Crippen molar-refractivity contribution in [2.45, 2.75) is 83.7 Å². The molecular weight excluding hydrogens is 343 g/mol. The minimum atomic E-state index is -4.76. The van der Waals surface area contributed by atoms with Gasteiger partial charge in [-0.2, -0.15) is 0 Å². The Morgan fingerprint density at radius 2 is 1.52 bits per heavy atom. The van der Waals surface area contributed by atoms with Gasteiger partial charge in [0.25, 0.3) is 0 Å². The zero-order valence-corrected chi connectivity index (χ0v) is 16.1. The van der Waals surface area contributed by atoms with Crippen LogP contribution in [0.1, 0.15) is 77.6 Å². The van der Waals surface area contributed by atoms with E-state index in [1.54, 1.807) is 0 Å². The van der Waals surface area contributed by atoms with E-state index >= 15 is 0 Å². The molecule has 7 heteroatoms. The molecule has 0 radical (unpaired) electrons. The average molecular weight is 376 g/mol. The van der Waals surface area contributed by atoms with Crippen molar-refractivity contribution in [2.75, 3.05) is 0 Å². The molecular formula is C18H33O6P. The van der Waals surface area contributed by atoms with Gasteiger partial charge >= 0.3 is 13.8 Å². The van der Waals surface area contributed by atoms with Crippen molar-refractivity contribution in [3.05, 3.63) is 24.3 Å². The largest absolute Gasteiger partial charge is 0.479 e.